The number of hydrogen-bond donors (Lipinski definition) is 2. The lowest BCUT2D eigenvalue weighted by molar-refractivity contribution is 0.726. The lowest BCUT2D eigenvalue weighted by Gasteiger charge is -2.24. The molecule has 1 aromatic carbocycles. The van der Waals surface area contributed by atoms with Gasteiger partial charge in [0.25, 0.3) is 0 Å². The molecule has 5 heteroatoms. The number of benzene rings is 1. The van der Waals surface area contributed by atoms with Gasteiger partial charge in [-0.3, -0.25) is 0 Å². The first kappa shape index (κ1) is 13.6. The Morgan fingerprint density at radius 2 is 1.95 bits per heavy atom. The van der Waals surface area contributed by atoms with Crippen molar-refractivity contribution in [3.8, 4) is 6.07 Å². The summed E-state index contributed by atoms with van der Waals surface area (Å²) in [7, 11) is 0. The van der Waals surface area contributed by atoms with E-state index in [1.54, 1.807) is 6.07 Å². The molecule has 19 heavy (non-hydrogen) atoms. The van der Waals surface area contributed by atoms with Crippen molar-refractivity contribution >= 4 is 28.7 Å². The number of nitrogens with zero attached hydrogens (tertiary/aromatic N) is 2. The minimum atomic E-state index is 0.214. The van der Waals surface area contributed by atoms with Gasteiger partial charge in [-0.15, -0.1) is 0 Å². The number of anilines is 2. The van der Waals surface area contributed by atoms with Gasteiger partial charge in [-0.25, -0.2) is 0 Å². The molecule has 0 unspecified atom stereocenters. The number of nitriles is 1. The Balaban J connectivity index is 2.24. The average Bonchev–Trinajstić information content (AvgIpc) is 2.66. The van der Waals surface area contributed by atoms with Gasteiger partial charge in [-0.05, 0) is 43.3 Å². The molecular weight excluding hydrogens is 256 g/mol. The lowest BCUT2D eigenvalue weighted by atomic mass is 10.1. The Hall–Kier alpha value is -1.80. The first-order valence-electron chi connectivity index (χ1n) is 6.56. The molecule has 0 aromatic heterocycles. The standard InChI is InChI=1S/C14H18N4S/c15-10-11-9-12(17-14(16)19)5-6-13(11)18-7-3-1-2-4-8-18/h5-6,9H,1-4,7-8H2,(H3,16,17,19). The summed E-state index contributed by atoms with van der Waals surface area (Å²) in [4.78, 5) is 2.30. The minimum absolute atomic E-state index is 0.214. The zero-order valence-corrected chi connectivity index (χ0v) is 11.7. The molecule has 2 rings (SSSR count). The van der Waals surface area contributed by atoms with E-state index in [1.807, 2.05) is 12.1 Å². The molecule has 1 aliphatic rings. The van der Waals surface area contributed by atoms with Crippen LogP contribution in [0.2, 0.25) is 0 Å². The van der Waals surface area contributed by atoms with Crippen molar-refractivity contribution in [1.29, 1.82) is 5.26 Å². The molecule has 0 bridgehead atoms. The molecule has 1 aliphatic heterocycles. The Morgan fingerprint density at radius 3 is 2.53 bits per heavy atom. The fourth-order valence-corrected chi connectivity index (χ4v) is 2.55. The van der Waals surface area contributed by atoms with Gasteiger partial charge in [0.2, 0.25) is 0 Å². The number of rotatable bonds is 2. The van der Waals surface area contributed by atoms with Crippen LogP contribution in [0, 0.1) is 11.3 Å². The summed E-state index contributed by atoms with van der Waals surface area (Å²) in [5, 5.41) is 12.4. The van der Waals surface area contributed by atoms with E-state index in [4.69, 9.17) is 18.0 Å². The molecule has 1 fully saturated rings. The zero-order chi connectivity index (χ0) is 13.7. The summed E-state index contributed by atoms with van der Waals surface area (Å²) in [6.07, 6.45) is 4.94. The first-order chi connectivity index (χ1) is 9.20. The minimum Gasteiger partial charge on any atom is -0.376 e. The van der Waals surface area contributed by atoms with Gasteiger partial charge >= 0.3 is 0 Å². The topological polar surface area (TPSA) is 65.1 Å². The molecule has 4 nitrogen and oxygen atoms in total. The maximum absolute atomic E-state index is 9.31. The van der Waals surface area contributed by atoms with Crippen LogP contribution in [0.4, 0.5) is 11.4 Å². The summed E-state index contributed by atoms with van der Waals surface area (Å²) in [6, 6.07) is 7.96. The van der Waals surface area contributed by atoms with E-state index >= 15 is 0 Å². The molecule has 1 heterocycles. The quantitative estimate of drug-likeness (QED) is 0.812. The molecule has 0 radical (unpaired) electrons. The van der Waals surface area contributed by atoms with Crippen LogP contribution >= 0.6 is 12.2 Å². The highest BCUT2D eigenvalue weighted by atomic mass is 32.1. The van der Waals surface area contributed by atoms with Gasteiger partial charge in [0.05, 0.1) is 11.3 Å². The molecule has 3 N–H and O–H groups in total. The predicted octanol–water partition coefficient (Wildman–Crippen LogP) is 2.59. The Kier molecular flexibility index (Phi) is 4.58. The summed E-state index contributed by atoms with van der Waals surface area (Å²) in [5.41, 5.74) is 7.89. The molecule has 0 aliphatic carbocycles. The van der Waals surface area contributed by atoms with Gasteiger partial charge in [-0.2, -0.15) is 5.26 Å². The van der Waals surface area contributed by atoms with Crippen molar-refractivity contribution in [2.45, 2.75) is 25.7 Å². The van der Waals surface area contributed by atoms with Gasteiger partial charge in [0.15, 0.2) is 5.11 Å². The summed E-state index contributed by atoms with van der Waals surface area (Å²) >= 11 is 4.81. The van der Waals surface area contributed by atoms with Crippen LogP contribution in [0.3, 0.4) is 0 Å². The lowest BCUT2D eigenvalue weighted by Crippen LogP contribution is -2.25. The van der Waals surface area contributed by atoms with Gasteiger partial charge < -0.3 is 16.0 Å². The SMILES string of the molecule is N#Cc1cc(NC(N)=S)ccc1N1CCCCCC1. The van der Waals surface area contributed by atoms with E-state index in [1.165, 1.54) is 25.7 Å². The van der Waals surface area contributed by atoms with Gasteiger partial charge in [0.1, 0.15) is 6.07 Å². The van der Waals surface area contributed by atoms with Crippen molar-refractivity contribution < 1.29 is 0 Å². The van der Waals surface area contributed by atoms with Crippen LogP contribution in [0.25, 0.3) is 0 Å². The van der Waals surface area contributed by atoms with Crippen LogP contribution in [-0.4, -0.2) is 18.2 Å². The normalized spacial score (nSPS) is 15.4. The molecule has 0 atom stereocenters. The fourth-order valence-electron chi connectivity index (χ4n) is 2.43. The number of thiocarbonyl (C=S) groups is 1. The van der Waals surface area contributed by atoms with E-state index in [2.05, 4.69) is 16.3 Å². The van der Waals surface area contributed by atoms with Crippen molar-refractivity contribution in [2.75, 3.05) is 23.3 Å². The van der Waals surface area contributed by atoms with E-state index in [-0.39, 0.29) is 5.11 Å². The fraction of sp³-hybridized carbons (Fsp3) is 0.429. The number of nitrogens with two attached hydrogens (primary N) is 1. The molecule has 0 spiro atoms. The molecule has 1 aromatic rings. The van der Waals surface area contributed by atoms with E-state index in [0.717, 1.165) is 24.5 Å². The monoisotopic (exact) mass is 274 g/mol. The van der Waals surface area contributed by atoms with Crippen molar-refractivity contribution in [3.63, 3.8) is 0 Å². The maximum atomic E-state index is 9.31. The smallest absolute Gasteiger partial charge is 0.168 e. The van der Waals surface area contributed by atoms with Crippen LogP contribution in [0.15, 0.2) is 18.2 Å². The second-order valence-electron chi connectivity index (χ2n) is 4.73. The maximum Gasteiger partial charge on any atom is 0.168 e. The Bertz CT molecular complexity index is 499. The summed E-state index contributed by atoms with van der Waals surface area (Å²) in [6.45, 7) is 2.05. The molecule has 100 valence electrons. The van der Waals surface area contributed by atoms with Crippen LogP contribution in [0.5, 0.6) is 0 Å². The Labute approximate surface area is 119 Å². The van der Waals surface area contributed by atoms with Crippen molar-refractivity contribution in [1.82, 2.24) is 0 Å². The third-order valence-corrected chi connectivity index (χ3v) is 3.43. The molecule has 1 saturated heterocycles. The van der Waals surface area contributed by atoms with Gasteiger partial charge in [0, 0.05) is 18.8 Å². The second-order valence-corrected chi connectivity index (χ2v) is 5.17. The zero-order valence-electron chi connectivity index (χ0n) is 10.9. The Morgan fingerprint density at radius 1 is 1.26 bits per heavy atom. The van der Waals surface area contributed by atoms with Gasteiger partial charge in [-0.1, -0.05) is 12.8 Å². The average molecular weight is 274 g/mol. The molecular formula is C14H18N4S. The van der Waals surface area contributed by atoms with E-state index in [9.17, 15) is 5.26 Å². The second kappa shape index (κ2) is 6.39. The van der Waals surface area contributed by atoms with E-state index < -0.39 is 0 Å². The summed E-state index contributed by atoms with van der Waals surface area (Å²) < 4.78 is 0. The van der Waals surface area contributed by atoms with Crippen molar-refractivity contribution in [2.24, 2.45) is 5.73 Å². The molecule has 0 amide bonds. The third-order valence-electron chi connectivity index (χ3n) is 3.33. The third kappa shape index (κ3) is 3.58. The van der Waals surface area contributed by atoms with Crippen LogP contribution in [0.1, 0.15) is 31.2 Å². The predicted molar refractivity (Wildman–Crippen MR) is 82.2 cm³/mol. The molecule has 0 saturated carbocycles. The number of hydrogen-bond acceptors (Lipinski definition) is 3. The first-order valence-corrected chi connectivity index (χ1v) is 6.97. The largest absolute Gasteiger partial charge is 0.376 e. The van der Waals surface area contributed by atoms with Crippen LogP contribution in [-0.2, 0) is 0 Å². The highest BCUT2D eigenvalue weighted by Gasteiger charge is 2.14. The summed E-state index contributed by atoms with van der Waals surface area (Å²) in [5.74, 6) is 0. The van der Waals surface area contributed by atoms with E-state index in [0.29, 0.717) is 5.56 Å². The number of nitrogens with one attached hydrogen (secondary N) is 1. The highest BCUT2D eigenvalue weighted by Crippen LogP contribution is 2.26. The van der Waals surface area contributed by atoms with Crippen molar-refractivity contribution in [3.05, 3.63) is 23.8 Å². The van der Waals surface area contributed by atoms with Crippen LogP contribution < -0.4 is 16.0 Å². The highest BCUT2D eigenvalue weighted by molar-refractivity contribution is 7.80.